The SMILES string of the molecule is COCCN1CCN(C[C@H](O)Cn2cccn2)C[C@H]1C. The van der Waals surface area contributed by atoms with Gasteiger partial charge >= 0.3 is 0 Å². The van der Waals surface area contributed by atoms with E-state index in [4.69, 9.17) is 4.74 Å². The Labute approximate surface area is 120 Å². The second-order valence-electron chi connectivity index (χ2n) is 5.52. The van der Waals surface area contributed by atoms with Crippen LogP contribution in [-0.4, -0.2) is 83.3 Å². The predicted octanol–water partition coefficient (Wildman–Crippen LogP) is -0.103. The summed E-state index contributed by atoms with van der Waals surface area (Å²) in [5, 5.41) is 14.3. The number of hydrogen-bond donors (Lipinski definition) is 1. The zero-order chi connectivity index (χ0) is 14.4. The molecule has 20 heavy (non-hydrogen) atoms. The van der Waals surface area contributed by atoms with Gasteiger partial charge in [0.1, 0.15) is 0 Å². The van der Waals surface area contributed by atoms with E-state index in [1.165, 1.54) is 0 Å². The number of aliphatic hydroxyl groups is 1. The van der Waals surface area contributed by atoms with Crippen LogP contribution < -0.4 is 0 Å². The Bertz CT molecular complexity index is 371. The maximum atomic E-state index is 10.1. The van der Waals surface area contributed by atoms with Crippen LogP contribution in [0.2, 0.25) is 0 Å². The van der Waals surface area contributed by atoms with Gasteiger partial charge in [0, 0.05) is 58.3 Å². The van der Waals surface area contributed by atoms with Gasteiger partial charge in [-0.25, -0.2) is 0 Å². The maximum Gasteiger partial charge on any atom is 0.0862 e. The normalized spacial score (nSPS) is 23.1. The van der Waals surface area contributed by atoms with Crippen molar-refractivity contribution in [2.45, 2.75) is 25.6 Å². The van der Waals surface area contributed by atoms with Gasteiger partial charge in [0.25, 0.3) is 0 Å². The van der Waals surface area contributed by atoms with Gasteiger partial charge < -0.3 is 9.84 Å². The Morgan fingerprint density at radius 1 is 1.40 bits per heavy atom. The van der Waals surface area contributed by atoms with Crippen LogP contribution >= 0.6 is 0 Å². The number of ether oxygens (including phenoxy) is 1. The summed E-state index contributed by atoms with van der Waals surface area (Å²) in [5.41, 5.74) is 0. The van der Waals surface area contributed by atoms with Gasteiger partial charge in [-0.1, -0.05) is 0 Å². The molecule has 0 saturated carbocycles. The van der Waals surface area contributed by atoms with Crippen LogP contribution in [0.3, 0.4) is 0 Å². The van der Waals surface area contributed by atoms with Crippen molar-refractivity contribution in [2.75, 3.05) is 46.4 Å². The van der Waals surface area contributed by atoms with Crippen molar-refractivity contribution in [3.05, 3.63) is 18.5 Å². The number of aliphatic hydroxyl groups excluding tert-OH is 1. The highest BCUT2D eigenvalue weighted by atomic mass is 16.5. The fourth-order valence-corrected chi connectivity index (χ4v) is 2.76. The first-order chi connectivity index (χ1) is 9.69. The third-order valence-corrected chi connectivity index (χ3v) is 3.86. The average molecular weight is 282 g/mol. The van der Waals surface area contributed by atoms with Crippen LogP contribution in [0.5, 0.6) is 0 Å². The first-order valence-corrected chi connectivity index (χ1v) is 7.30. The second kappa shape index (κ2) is 7.73. The lowest BCUT2D eigenvalue weighted by Gasteiger charge is -2.40. The van der Waals surface area contributed by atoms with Crippen LogP contribution in [0.25, 0.3) is 0 Å². The number of piperazine rings is 1. The van der Waals surface area contributed by atoms with E-state index in [9.17, 15) is 5.11 Å². The number of hydrogen-bond acceptors (Lipinski definition) is 5. The van der Waals surface area contributed by atoms with Crippen LogP contribution in [0.15, 0.2) is 18.5 Å². The molecule has 1 aromatic heterocycles. The molecule has 2 atom stereocenters. The Kier molecular flexibility index (Phi) is 5.97. The molecule has 6 nitrogen and oxygen atoms in total. The minimum atomic E-state index is -0.368. The summed E-state index contributed by atoms with van der Waals surface area (Å²) in [6.07, 6.45) is 3.25. The molecule has 0 aromatic carbocycles. The monoisotopic (exact) mass is 282 g/mol. The van der Waals surface area contributed by atoms with Gasteiger partial charge in [0.05, 0.1) is 19.3 Å². The van der Waals surface area contributed by atoms with E-state index < -0.39 is 0 Å². The minimum Gasteiger partial charge on any atom is -0.390 e. The predicted molar refractivity (Wildman–Crippen MR) is 77.6 cm³/mol. The Morgan fingerprint density at radius 2 is 2.25 bits per heavy atom. The molecular weight excluding hydrogens is 256 g/mol. The standard InChI is InChI=1S/C14H26N4O2/c1-13-10-16(6-7-17(13)8-9-20-2)11-14(19)12-18-5-3-4-15-18/h3-5,13-14,19H,6-12H2,1-2H3/t13-,14+/m1/s1. The summed E-state index contributed by atoms with van der Waals surface area (Å²) in [7, 11) is 1.74. The van der Waals surface area contributed by atoms with Crippen molar-refractivity contribution in [1.82, 2.24) is 19.6 Å². The molecule has 1 aromatic rings. The smallest absolute Gasteiger partial charge is 0.0862 e. The number of β-amino-alcohol motifs (C(OH)–C–C–N with tert-alkyl or cyclic N) is 1. The fourth-order valence-electron chi connectivity index (χ4n) is 2.76. The topological polar surface area (TPSA) is 53.8 Å². The molecule has 1 aliphatic rings. The van der Waals surface area contributed by atoms with Crippen LogP contribution in [0.1, 0.15) is 6.92 Å². The first kappa shape index (κ1) is 15.4. The summed E-state index contributed by atoms with van der Waals surface area (Å²) >= 11 is 0. The number of rotatable bonds is 7. The van der Waals surface area contributed by atoms with E-state index in [0.29, 0.717) is 19.1 Å². The van der Waals surface area contributed by atoms with Crippen molar-refractivity contribution in [3.63, 3.8) is 0 Å². The highest BCUT2D eigenvalue weighted by Gasteiger charge is 2.24. The van der Waals surface area contributed by atoms with Crippen molar-refractivity contribution < 1.29 is 9.84 Å². The van der Waals surface area contributed by atoms with Gasteiger partial charge in [-0.15, -0.1) is 0 Å². The van der Waals surface area contributed by atoms with Crippen LogP contribution in [0, 0.1) is 0 Å². The lowest BCUT2D eigenvalue weighted by molar-refractivity contribution is 0.0285. The number of methoxy groups -OCH3 is 1. The Hall–Kier alpha value is -0.950. The lowest BCUT2D eigenvalue weighted by atomic mass is 10.1. The second-order valence-corrected chi connectivity index (χ2v) is 5.52. The number of nitrogens with zero attached hydrogens (tertiary/aromatic N) is 4. The highest BCUT2D eigenvalue weighted by molar-refractivity contribution is 4.82. The quantitative estimate of drug-likeness (QED) is 0.757. The molecule has 1 fully saturated rings. The minimum absolute atomic E-state index is 0.368. The zero-order valence-corrected chi connectivity index (χ0v) is 12.5. The number of aromatic nitrogens is 2. The molecule has 0 radical (unpaired) electrons. The van der Waals surface area contributed by atoms with E-state index in [-0.39, 0.29) is 6.10 Å². The molecule has 1 N–H and O–H groups in total. The lowest BCUT2D eigenvalue weighted by Crippen LogP contribution is -2.54. The zero-order valence-electron chi connectivity index (χ0n) is 12.5. The van der Waals surface area contributed by atoms with Gasteiger partial charge in [-0.05, 0) is 13.0 Å². The molecule has 0 amide bonds. The molecule has 0 aliphatic carbocycles. The Balaban J connectivity index is 1.72. The summed E-state index contributed by atoms with van der Waals surface area (Å²) in [6, 6.07) is 2.39. The van der Waals surface area contributed by atoms with E-state index in [1.54, 1.807) is 18.0 Å². The molecule has 1 aliphatic heterocycles. The summed E-state index contributed by atoms with van der Waals surface area (Å²) in [5.74, 6) is 0. The van der Waals surface area contributed by atoms with E-state index in [0.717, 1.165) is 32.8 Å². The molecule has 114 valence electrons. The van der Waals surface area contributed by atoms with Crippen molar-refractivity contribution >= 4 is 0 Å². The Morgan fingerprint density at radius 3 is 2.90 bits per heavy atom. The van der Waals surface area contributed by atoms with Gasteiger partial charge in [0.2, 0.25) is 0 Å². The van der Waals surface area contributed by atoms with E-state index in [1.807, 2.05) is 12.3 Å². The molecule has 2 heterocycles. The molecule has 0 unspecified atom stereocenters. The summed E-state index contributed by atoms with van der Waals surface area (Å²) in [4.78, 5) is 4.78. The third kappa shape index (κ3) is 4.56. The molecular formula is C14H26N4O2. The van der Waals surface area contributed by atoms with E-state index >= 15 is 0 Å². The maximum absolute atomic E-state index is 10.1. The molecule has 6 heteroatoms. The van der Waals surface area contributed by atoms with E-state index in [2.05, 4.69) is 21.8 Å². The summed E-state index contributed by atoms with van der Waals surface area (Å²) < 4.78 is 6.92. The van der Waals surface area contributed by atoms with Gasteiger partial charge in [-0.3, -0.25) is 14.5 Å². The fraction of sp³-hybridized carbons (Fsp3) is 0.786. The molecule has 0 bridgehead atoms. The van der Waals surface area contributed by atoms with Crippen LogP contribution in [0.4, 0.5) is 0 Å². The highest BCUT2D eigenvalue weighted by Crippen LogP contribution is 2.10. The molecule has 0 spiro atoms. The largest absolute Gasteiger partial charge is 0.390 e. The van der Waals surface area contributed by atoms with Gasteiger partial charge in [-0.2, -0.15) is 5.10 Å². The average Bonchev–Trinajstić information content (AvgIpc) is 2.90. The van der Waals surface area contributed by atoms with Crippen molar-refractivity contribution in [2.24, 2.45) is 0 Å². The summed E-state index contributed by atoms with van der Waals surface area (Å²) in [6.45, 7) is 8.33. The molecule has 1 saturated heterocycles. The van der Waals surface area contributed by atoms with Gasteiger partial charge in [0.15, 0.2) is 0 Å². The first-order valence-electron chi connectivity index (χ1n) is 7.30. The van der Waals surface area contributed by atoms with Crippen molar-refractivity contribution in [1.29, 1.82) is 0 Å². The third-order valence-electron chi connectivity index (χ3n) is 3.86. The van der Waals surface area contributed by atoms with Crippen molar-refractivity contribution in [3.8, 4) is 0 Å². The molecule has 2 rings (SSSR count). The van der Waals surface area contributed by atoms with Crippen LogP contribution in [-0.2, 0) is 11.3 Å².